The molecule has 0 N–H and O–H groups in total. The summed E-state index contributed by atoms with van der Waals surface area (Å²) in [7, 11) is 0. The maximum atomic E-state index is 6.17. The van der Waals surface area contributed by atoms with Crippen LogP contribution in [0, 0.1) is 0 Å². The van der Waals surface area contributed by atoms with Crippen molar-refractivity contribution in [1.29, 1.82) is 0 Å². The Balaban J connectivity index is 1.12. The molecule has 0 bridgehead atoms. The summed E-state index contributed by atoms with van der Waals surface area (Å²) in [4.78, 5) is 10.4. The second kappa shape index (κ2) is 10.3. The van der Waals surface area contributed by atoms with Crippen LogP contribution in [0.1, 0.15) is 0 Å². The van der Waals surface area contributed by atoms with Crippen LogP contribution < -0.4 is 0 Å². The smallest absolute Gasteiger partial charge is 0.145 e. The van der Waals surface area contributed by atoms with Gasteiger partial charge in [0.25, 0.3) is 0 Å². The molecule has 0 saturated heterocycles. The molecule has 0 unspecified atom stereocenters. The van der Waals surface area contributed by atoms with Gasteiger partial charge in [0.05, 0.1) is 22.1 Å². The predicted octanol–water partition coefficient (Wildman–Crippen LogP) is 11.5. The summed E-state index contributed by atoms with van der Waals surface area (Å²) in [6.45, 7) is 0. The number of hydrogen-bond acceptors (Lipinski definition) is 4. The fourth-order valence-electron chi connectivity index (χ4n) is 7.47. The van der Waals surface area contributed by atoms with Gasteiger partial charge in [0, 0.05) is 44.0 Å². The fraction of sp³-hybridized carbons (Fsp3) is 0. The third kappa shape index (κ3) is 3.96. The van der Waals surface area contributed by atoms with Crippen molar-refractivity contribution < 1.29 is 8.83 Å². The molecule has 11 aromatic rings. The Morgan fingerprint density at radius 2 is 0.800 bits per heavy atom. The largest absolute Gasteiger partial charge is 0.456 e. The number of nitrogens with zero attached hydrogens (tertiary/aromatic N) is 4. The lowest BCUT2D eigenvalue weighted by atomic mass is 10.1. The first kappa shape index (κ1) is 27.1. The average Bonchev–Trinajstić information content (AvgIpc) is 3.94. The summed E-state index contributed by atoms with van der Waals surface area (Å²) in [6, 6.07) is 54.3. The Morgan fingerprint density at radius 3 is 1.32 bits per heavy atom. The van der Waals surface area contributed by atoms with E-state index in [1.165, 1.54) is 0 Å². The van der Waals surface area contributed by atoms with Gasteiger partial charge in [-0.2, -0.15) is 0 Å². The first-order valence-corrected chi connectivity index (χ1v) is 16.7. The predicted molar refractivity (Wildman–Crippen MR) is 201 cm³/mol. The number of benzene rings is 7. The molecular formula is C44H26N4O2. The Morgan fingerprint density at radius 1 is 0.360 bits per heavy atom. The number of hydrogen-bond donors (Lipinski definition) is 0. The standard InChI is InChI=1S/C44H26N4O2/c1-7-18-39-31(12-1)33-25-29(20-22-41(33)49-39)47-37-16-5-3-14-35(37)45-43(47)27-10-9-11-28(24-27)44-46-36-15-4-6-17-38(36)48(44)30-21-23-42-34(26-30)32-13-2-8-19-40(32)50-42/h1-26H. The molecule has 7 aromatic carbocycles. The van der Waals surface area contributed by atoms with E-state index in [4.69, 9.17) is 18.8 Å². The first-order valence-electron chi connectivity index (χ1n) is 16.7. The van der Waals surface area contributed by atoms with E-state index in [-0.39, 0.29) is 0 Å². The molecule has 50 heavy (non-hydrogen) atoms. The molecule has 0 amide bonds. The molecule has 4 aromatic heterocycles. The van der Waals surface area contributed by atoms with Gasteiger partial charge in [0.1, 0.15) is 34.0 Å². The van der Waals surface area contributed by atoms with Gasteiger partial charge in [0.15, 0.2) is 0 Å². The quantitative estimate of drug-likeness (QED) is 0.192. The van der Waals surface area contributed by atoms with Crippen molar-refractivity contribution in [3.05, 3.63) is 158 Å². The van der Waals surface area contributed by atoms with E-state index in [0.717, 1.165) is 100 Å². The van der Waals surface area contributed by atoms with Gasteiger partial charge in [-0.05, 0) is 78.9 Å². The van der Waals surface area contributed by atoms with Crippen molar-refractivity contribution >= 4 is 65.9 Å². The van der Waals surface area contributed by atoms with Gasteiger partial charge < -0.3 is 8.83 Å². The van der Waals surface area contributed by atoms with Gasteiger partial charge in [-0.1, -0.05) is 78.9 Å². The van der Waals surface area contributed by atoms with Crippen LogP contribution >= 0.6 is 0 Å². The lowest BCUT2D eigenvalue weighted by Gasteiger charge is -2.13. The maximum Gasteiger partial charge on any atom is 0.145 e. The van der Waals surface area contributed by atoms with Crippen molar-refractivity contribution in [1.82, 2.24) is 19.1 Å². The summed E-state index contributed by atoms with van der Waals surface area (Å²) < 4.78 is 16.8. The number of imidazole rings is 2. The molecule has 6 heteroatoms. The maximum absolute atomic E-state index is 6.17. The zero-order valence-electron chi connectivity index (χ0n) is 26.6. The van der Waals surface area contributed by atoms with Crippen LogP contribution in [0.2, 0.25) is 0 Å². The summed E-state index contributed by atoms with van der Waals surface area (Å²) >= 11 is 0. The van der Waals surface area contributed by atoms with Crippen LogP contribution in [0.5, 0.6) is 0 Å². The monoisotopic (exact) mass is 642 g/mol. The van der Waals surface area contributed by atoms with E-state index in [2.05, 4.69) is 130 Å². The summed E-state index contributed by atoms with van der Waals surface area (Å²) in [5.74, 6) is 1.71. The molecule has 0 atom stereocenters. The van der Waals surface area contributed by atoms with E-state index >= 15 is 0 Å². The molecule has 6 nitrogen and oxygen atoms in total. The number of fused-ring (bicyclic) bond motifs is 8. The van der Waals surface area contributed by atoms with Crippen molar-refractivity contribution in [3.63, 3.8) is 0 Å². The molecule has 0 fully saturated rings. The second-order valence-corrected chi connectivity index (χ2v) is 12.7. The Kier molecular flexibility index (Phi) is 5.57. The van der Waals surface area contributed by atoms with Crippen LogP contribution in [0.15, 0.2) is 167 Å². The third-order valence-corrected chi connectivity index (χ3v) is 9.74. The molecule has 0 aliphatic rings. The van der Waals surface area contributed by atoms with E-state index < -0.39 is 0 Å². The molecule has 0 radical (unpaired) electrons. The van der Waals surface area contributed by atoms with Gasteiger partial charge in [-0.15, -0.1) is 0 Å². The summed E-state index contributed by atoms with van der Waals surface area (Å²) in [5.41, 5.74) is 11.4. The van der Waals surface area contributed by atoms with Crippen molar-refractivity contribution in [2.45, 2.75) is 0 Å². The summed E-state index contributed by atoms with van der Waals surface area (Å²) in [6.07, 6.45) is 0. The minimum atomic E-state index is 0.856. The van der Waals surface area contributed by atoms with Crippen LogP contribution in [0.3, 0.4) is 0 Å². The average molecular weight is 643 g/mol. The fourth-order valence-corrected chi connectivity index (χ4v) is 7.47. The number of aromatic nitrogens is 4. The van der Waals surface area contributed by atoms with E-state index in [0.29, 0.717) is 0 Å². The highest BCUT2D eigenvalue weighted by Crippen LogP contribution is 2.37. The Labute approximate surface area is 285 Å². The first-order chi connectivity index (χ1) is 24.8. The van der Waals surface area contributed by atoms with E-state index in [1.54, 1.807) is 0 Å². The van der Waals surface area contributed by atoms with E-state index in [9.17, 15) is 0 Å². The van der Waals surface area contributed by atoms with Gasteiger partial charge in [-0.3, -0.25) is 9.13 Å². The van der Waals surface area contributed by atoms with Crippen LogP contribution in [-0.4, -0.2) is 19.1 Å². The highest BCUT2D eigenvalue weighted by Gasteiger charge is 2.20. The van der Waals surface area contributed by atoms with Gasteiger partial charge >= 0.3 is 0 Å². The number of furan rings is 2. The number of rotatable bonds is 4. The molecule has 0 aliphatic carbocycles. The van der Waals surface area contributed by atoms with Crippen molar-refractivity contribution in [2.24, 2.45) is 0 Å². The molecule has 0 spiro atoms. The van der Waals surface area contributed by atoms with Gasteiger partial charge in [-0.25, -0.2) is 9.97 Å². The second-order valence-electron chi connectivity index (χ2n) is 12.7. The highest BCUT2D eigenvalue weighted by atomic mass is 16.3. The summed E-state index contributed by atoms with van der Waals surface area (Å²) in [5, 5.41) is 4.34. The minimum absolute atomic E-state index is 0.856. The van der Waals surface area contributed by atoms with E-state index in [1.807, 2.05) is 36.4 Å². The van der Waals surface area contributed by atoms with Gasteiger partial charge in [0.2, 0.25) is 0 Å². The SMILES string of the molecule is c1cc(-c2nc3ccccc3n2-c2ccc3oc4ccccc4c3c2)cc(-c2nc3ccccc3n2-c2ccc3oc4ccccc4c3c2)c1. The molecule has 0 saturated carbocycles. The molecule has 11 rings (SSSR count). The van der Waals surface area contributed by atoms with Crippen molar-refractivity contribution in [3.8, 4) is 34.2 Å². The van der Waals surface area contributed by atoms with Crippen molar-refractivity contribution in [2.75, 3.05) is 0 Å². The molecule has 4 heterocycles. The highest BCUT2D eigenvalue weighted by molar-refractivity contribution is 6.07. The number of para-hydroxylation sites is 6. The zero-order valence-corrected chi connectivity index (χ0v) is 26.6. The third-order valence-electron chi connectivity index (χ3n) is 9.74. The normalized spacial score (nSPS) is 12.0. The minimum Gasteiger partial charge on any atom is -0.456 e. The topological polar surface area (TPSA) is 61.9 Å². The van der Waals surface area contributed by atoms with Crippen LogP contribution in [0.25, 0.3) is 100 Å². The van der Waals surface area contributed by atoms with Crippen LogP contribution in [0.4, 0.5) is 0 Å². The molecular weight excluding hydrogens is 617 g/mol. The Hall–Kier alpha value is -6.92. The lowest BCUT2D eigenvalue weighted by molar-refractivity contribution is 0.668. The lowest BCUT2D eigenvalue weighted by Crippen LogP contribution is -1.99. The zero-order chi connectivity index (χ0) is 32.8. The molecule has 234 valence electrons. The molecule has 0 aliphatic heterocycles. The Bertz CT molecular complexity index is 2910. The van der Waals surface area contributed by atoms with Crippen LogP contribution in [-0.2, 0) is 0 Å².